The highest BCUT2D eigenvalue weighted by Crippen LogP contribution is 2.23. The number of nitro groups is 1. The fraction of sp³-hybridized carbons (Fsp3) is 0.421. The minimum Gasteiger partial charge on any atom is -0.480 e. The molecule has 1 fully saturated rings. The highest BCUT2D eigenvalue weighted by atomic mass is 16.6. The Morgan fingerprint density at radius 2 is 1.86 bits per heavy atom. The van der Waals surface area contributed by atoms with Gasteiger partial charge in [0.15, 0.2) is 0 Å². The van der Waals surface area contributed by atoms with Gasteiger partial charge in [0.25, 0.3) is 5.69 Å². The van der Waals surface area contributed by atoms with Crippen molar-refractivity contribution in [2.75, 3.05) is 7.11 Å². The van der Waals surface area contributed by atoms with Crippen LogP contribution in [0, 0.1) is 10.1 Å². The summed E-state index contributed by atoms with van der Waals surface area (Å²) in [6, 6.07) is 6.14. The maximum atomic E-state index is 12.2. The zero-order valence-electron chi connectivity index (χ0n) is 15.5. The van der Waals surface area contributed by atoms with E-state index in [-0.39, 0.29) is 30.2 Å². The Kier molecular flexibility index (Phi) is 6.36. The van der Waals surface area contributed by atoms with Crippen LogP contribution in [0.4, 0.5) is 5.69 Å². The average molecular weight is 386 g/mol. The number of hydrogen-bond acceptors (Lipinski definition) is 7. The molecule has 0 unspecified atom stereocenters. The Bertz CT molecular complexity index is 819. The maximum absolute atomic E-state index is 12.2. The molecule has 1 aromatic carbocycles. The Morgan fingerprint density at radius 1 is 1.18 bits per heavy atom. The normalized spacial score (nSPS) is 18.9. The zero-order chi connectivity index (χ0) is 19.9. The SMILES string of the molecule is COc1cncc(OC2CCC(NC(=O)Cc3ccc([N+](=O)[O-])cc3)CC2)n1. The number of carbonyl (C=O) groups excluding carboxylic acids is 1. The summed E-state index contributed by atoms with van der Waals surface area (Å²) in [6.07, 6.45) is 6.55. The molecular formula is C19H22N4O5. The molecule has 2 aromatic rings. The van der Waals surface area contributed by atoms with Gasteiger partial charge in [-0.25, -0.2) is 0 Å². The van der Waals surface area contributed by atoms with Gasteiger partial charge in [-0.2, -0.15) is 4.98 Å². The lowest BCUT2D eigenvalue weighted by molar-refractivity contribution is -0.384. The van der Waals surface area contributed by atoms with Crippen molar-refractivity contribution in [1.82, 2.24) is 15.3 Å². The number of nitrogens with one attached hydrogen (secondary N) is 1. The van der Waals surface area contributed by atoms with E-state index in [2.05, 4.69) is 15.3 Å². The molecule has 1 aliphatic rings. The van der Waals surface area contributed by atoms with Crippen molar-refractivity contribution in [1.29, 1.82) is 0 Å². The van der Waals surface area contributed by atoms with Crippen molar-refractivity contribution in [3.63, 3.8) is 0 Å². The van der Waals surface area contributed by atoms with Gasteiger partial charge < -0.3 is 14.8 Å². The lowest BCUT2D eigenvalue weighted by atomic mass is 9.92. The average Bonchev–Trinajstić information content (AvgIpc) is 2.70. The number of methoxy groups -OCH3 is 1. The van der Waals surface area contributed by atoms with E-state index >= 15 is 0 Å². The molecule has 0 saturated heterocycles. The lowest BCUT2D eigenvalue weighted by Gasteiger charge is -2.29. The Balaban J connectivity index is 1.43. The molecule has 0 spiro atoms. The quantitative estimate of drug-likeness (QED) is 0.574. The van der Waals surface area contributed by atoms with Gasteiger partial charge in [0.1, 0.15) is 6.10 Å². The van der Waals surface area contributed by atoms with Gasteiger partial charge in [-0.15, -0.1) is 0 Å². The molecule has 0 aliphatic heterocycles. The summed E-state index contributed by atoms with van der Waals surface area (Å²) in [5.74, 6) is 0.756. The van der Waals surface area contributed by atoms with E-state index in [4.69, 9.17) is 9.47 Å². The molecule has 0 atom stereocenters. The van der Waals surface area contributed by atoms with Crippen LogP contribution in [0.5, 0.6) is 11.8 Å². The summed E-state index contributed by atoms with van der Waals surface area (Å²) in [5, 5.41) is 13.7. The van der Waals surface area contributed by atoms with Gasteiger partial charge in [0.2, 0.25) is 17.7 Å². The molecule has 148 valence electrons. The number of hydrogen-bond donors (Lipinski definition) is 1. The standard InChI is InChI=1S/C19H22N4O5/c1-27-18-11-20-12-19(22-18)28-16-8-4-14(5-9-16)21-17(24)10-13-2-6-15(7-3-13)23(25)26/h2-3,6-7,11-12,14,16H,4-5,8-10H2,1H3,(H,21,24). The molecule has 1 heterocycles. The number of rotatable bonds is 7. The highest BCUT2D eigenvalue weighted by Gasteiger charge is 2.24. The third kappa shape index (κ3) is 5.38. The first kappa shape index (κ1) is 19.5. The van der Waals surface area contributed by atoms with Crippen LogP contribution in [0.3, 0.4) is 0 Å². The van der Waals surface area contributed by atoms with E-state index in [1.807, 2.05) is 0 Å². The molecule has 28 heavy (non-hydrogen) atoms. The number of nitro benzene ring substituents is 1. The Hall–Kier alpha value is -3.23. The number of non-ortho nitro benzene ring substituents is 1. The fourth-order valence-electron chi connectivity index (χ4n) is 3.18. The largest absolute Gasteiger partial charge is 0.480 e. The number of nitrogens with zero attached hydrogens (tertiary/aromatic N) is 3. The number of ether oxygens (including phenoxy) is 2. The molecule has 1 aromatic heterocycles. The minimum absolute atomic E-state index is 0.0169. The third-order valence-corrected chi connectivity index (χ3v) is 4.64. The van der Waals surface area contributed by atoms with Crippen molar-refractivity contribution in [2.45, 2.75) is 44.2 Å². The summed E-state index contributed by atoms with van der Waals surface area (Å²) >= 11 is 0. The van der Waals surface area contributed by atoms with Crippen molar-refractivity contribution in [3.05, 3.63) is 52.3 Å². The van der Waals surface area contributed by atoms with Crippen molar-refractivity contribution >= 4 is 11.6 Å². The van der Waals surface area contributed by atoms with E-state index < -0.39 is 4.92 Å². The van der Waals surface area contributed by atoms with E-state index in [0.29, 0.717) is 11.8 Å². The van der Waals surface area contributed by atoms with Crippen LogP contribution in [-0.4, -0.2) is 40.1 Å². The van der Waals surface area contributed by atoms with Gasteiger partial charge in [0, 0.05) is 18.2 Å². The molecule has 1 N–H and O–H groups in total. The summed E-state index contributed by atoms with van der Waals surface area (Å²) in [6.45, 7) is 0. The van der Waals surface area contributed by atoms with Crippen LogP contribution in [0.2, 0.25) is 0 Å². The number of amides is 1. The van der Waals surface area contributed by atoms with Gasteiger partial charge in [-0.3, -0.25) is 19.9 Å². The van der Waals surface area contributed by atoms with Crippen LogP contribution in [0.25, 0.3) is 0 Å². The van der Waals surface area contributed by atoms with Gasteiger partial charge in [-0.1, -0.05) is 12.1 Å². The maximum Gasteiger partial charge on any atom is 0.269 e. The molecule has 1 saturated carbocycles. The molecule has 1 amide bonds. The molecule has 9 nitrogen and oxygen atoms in total. The topological polar surface area (TPSA) is 116 Å². The van der Waals surface area contributed by atoms with Crippen molar-refractivity contribution in [2.24, 2.45) is 0 Å². The van der Waals surface area contributed by atoms with E-state index in [1.165, 1.54) is 25.4 Å². The van der Waals surface area contributed by atoms with E-state index in [0.717, 1.165) is 31.2 Å². The smallest absolute Gasteiger partial charge is 0.269 e. The summed E-state index contributed by atoms with van der Waals surface area (Å²) in [7, 11) is 1.53. The molecule has 9 heteroatoms. The van der Waals surface area contributed by atoms with Crippen LogP contribution in [0.1, 0.15) is 31.2 Å². The molecule has 0 radical (unpaired) electrons. The van der Waals surface area contributed by atoms with Crippen LogP contribution in [-0.2, 0) is 11.2 Å². The minimum atomic E-state index is -0.457. The third-order valence-electron chi connectivity index (χ3n) is 4.64. The number of benzene rings is 1. The first-order chi connectivity index (χ1) is 13.5. The fourth-order valence-corrected chi connectivity index (χ4v) is 3.18. The van der Waals surface area contributed by atoms with Crippen LogP contribution < -0.4 is 14.8 Å². The van der Waals surface area contributed by atoms with Gasteiger partial charge in [0.05, 0.1) is 30.8 Å². The second-order valence-electron chi connectivity index (χ2n) is 6.66. The van der Waals surface area contributed by atoms with Crippen molar-refractivity contribution in [3.8, 4) is 11.8 Å². The second kappa shape index (κ2) is 9.12. The van der Waals surface area contributed by atoms with Gasteiger partial charge in [-0.05, 0) is 31.2 Å². The number of carbonyl (C=O) groups is 1. The number of aromatic nitrogens is 2. The second-order valence-corrected chi connectivity index (χ2v) is 6.66. The van der Waals surface area contributed by atoms with Crippen LogP contribution >= 0.6 is 0 Å². The first-order valence-electron chi connectivity index (χ1n) is 9.09. The zero-order valence-corrected chi connectivity index (χ0v) is 15.5. The predicted molar refractivity (Wildman–Crippen MR) is 100 cm³/mol. The van der Waals surface area contributed by atoms with Crippen molar-refractivity contribution < 1.29 is 19.2 Å². The lowest BCUT2D eigenvalue weighted by Crippen LogP contribution is -2.40. The summed E-state index contributed by atoms with van der Waals surface area (Å²) < 4.78 is 10.9. The Labute approximate surface area is 162 Å². The summed E-state index contributed by atoms with van der Waals surface area (Å²) in [4.78, 5) is 30.7. The Morgan fingerprint density at radius 3 is 2.50 bits per heavy atom. The molecule has 1 aliphatic carbocycles. The molecule has 0 bridgehead atoms. The van der Waals surface area contributed by atoms with E-state index in [9.17, 15) is 14.9 Å². The first-order valence-corrected chi connectivity index (χ1v) is 9.09. The van der Waals surface area contributed by atoms with E-state index in [1.54, 1.807) is 18.3 Å². The molecular weight excluding hydrogens is 364 g/mol. The van der Waals surface area contributed by atoms with Gasteiger partial charge >= 0.3 is 0 Å². The summed E-state index contributed by atoms with van der Waals surface area (Å²) in [5.41, 5.74) is 0.764. The molecule has 3 rings (SSSR count). The monoisotopic (exact) mass is 386 g/mol. The highest BCUT2D eigenvalue weighted by molar-refractivity contribution is 5.78. The van der Waals surface area contributed by atoms with Crippen LogP contribution in [0.15, 0.2) is 36.7 Å². The predicted octanol–water partition coefficient (Wildman–Crippen LogP) is 2.44.